The molecule has 18 heteroatoms. The first-order valence-corrected chi connectivity index (χ1v) is 25.7. The number of hydrogen-bond donors (Lipinski definition) is 2. The predicted octanol–water partition coefficient (Wildman–Crippen LogP) is 12.5. The Bertz CT molecular complexity index is 3590. The minimum atomic E-state index is -0.426. The second-order valence-electron chi connectivity index (χ2n) is 19.8. The van der Waals surface area contributed by atoms with E-state index in [9.17, 15) is 13.6 Å². The number of ether oxygens (including phenoxy) is 3. The largest absolute Gasteiger partial charge is 0.493 e. The van der Waals surface area contributed by atoms with Gasteiger partial charge in [0.1, 0.15) is 33.2 Å². The summed E-state index contributed by atoms with van der Waals surface area (Å²) in [4.78, 5) is 38.3. The lowest BCUT2D eigenvalue weighted by atomic mass is 9.89. The number of fused-ring (bicyclic) bond motifs is 6. The van der Waals surface area contributed by atoms with Gasteiger partial charge in [-0.25, -0.2) is 23.5 Å². The van der Waals surface area contributed by atoms with Gasteiger partial charge in [-0.05, 0) is 128 Å². The Morgan fingerprint density at radius 2 is 1.31 bits per heavy atom. The summed E-state index contributed by atoms with van der Waals surface area (Å²) in [5.74, 6) is 2.52. The van der Waals surface area contributed by atoms with Crippen molar-refractivity contribution in [3.05, 3.63) is 174 Å². The Hall–Kier alpha value is -8.09. The number of aryl methyl sites for hydroxylation is 3. The number of nitrogens with zero attached hydrogens (tertiary/aromatic N) is 9. The predicted molar refractivity (Wildman–Crippen MR) is 286 cm³/mol. The van der Waals surface area contributed by atoms with Crippen LogP contribution in [-0.2, 0) is 56.5 Å². The number of benzene rings is 4. The fourth-order valence-electron chi connectivity index (χ4n) is 9.89. The highest BCUT2D eigenvalue weighted by atomic mass is 79.9. The molecule has 0 spiro atoms. The van der Waals surface area contributed by atoms with Crippen molar-refractivity contribution < 1.29 is 27.8 Å². The van der Waals surface area contributed by atoms with Gasteiger partial charge in [-0.2, -0.15) is 0 Å². The highest BCUT2D eigenvalue weighted by molar-refractivity contribution is 9.10. The maximum Gasteiger partial charge on any atom is 0.410 e. The topological polar surface area (TPSA) is 141 Å². The van der Waals surface area contributed by atoms with Crippen LogP contribution < -0.4 is 20.1 Å². The Kier molecular flexibility index (Phi) is 14.4. The van der Waals surface area contributed by atoms with E-state index >= 15 is 0 Å². The Morgan fingerprint density at radius 1 is 0.733 bits per heavy atom. The first-order valence-electron chi connectivity index (χ1n) is 24.9. The van der Waals surface area contributed by atoms with Crippen molar-refractivity contribution in [2.45, 2.75) is 97.9 Å². The van der Waals surface area contributed by atoms with Gasteiger partial charge in [0, 0.05) is 79.9 Å². The van der Waals surface area contributed by atoms with Crippen LogP contribution >= 0.6 is 15.9 Å². The van der Waals surface area contributed by atoms with Gasteiger partial charge in [0.2, 0.25) is 23.2 Å². The van der Waals surface area contributed by atoms with E-state index in [4.69, 9.17) is 27.4 Å². The average molecular weight is 1080 g/mol. The van der Waals surface area contributed by atoms with Crippen LogP contribution in [0.5, 0.6) is 11.5 Å². The summed E-state index contributed by atoms with van der Waals surface area (Å²) in [6.07, 6.45) is 13.4. The quantitative estimate of drug-likeness (QED) is 0.148. The summed E-state index contributed by atoms with van der Waals surface area (Å²) >= 11 is 3.37. The third kappa shape index (κ3) is 10.9. The van der Waals surface area contributed by atoms with Crippen LogP contribution in [0.1, 0.15) is 83.7 Å². The SMILES string of the molecule is Cc1ccc2c(c1)CCN(C(=O)OC(C)(C)C)C2.[C-]#[N+]c1cn2c(NCc3c(F)ccc4c3CCO4)ncc(-c3ccc4c(c3)CCCC4)c2n1.[C-]#[N+]c1cn2c(NCc3c(F)ccc4c3CCO4)ncc(Br)c2n1. The van der Waals surface area contributed by atoms with Crippen LogP contribution in [0.4, 0.5) is 37.1 Å². The zero-order chi connectivity index (χ0) is 52.4. The van der Waals surface area contributed by atoms with Crippen molar-refractivity contribution in [2.75, 3.05) is 30.4 Å². The first-order chi connectivity index (χ1) is 36.2. The zero-order valence-corrected chi connectivity index (χ0v) is 43.7. The molecule has 3 aliphatic heterocycles. The van der Waals surface area contributed by atoms with Crippen molar-refractivity contribution in [2.24, 2.45) is 0 Å². The molecule has 0 saturated heterocycles. The number of rotatable bonds is 7. The van der Waals surface area contributed by atoms with Crippen LogP contribution in [-0.4, -0.2) is 65.1 Å². The lowest BCUT2D eigenvalue weighted by molar-refractivity contribution is 0.0224. The smallest absolute Gasteiger partial charge is 0.410 e. The molecule has 7 heterocycles. The second kappa shape index (κ2) is 21.4. The number of imidazole rings is 2. The van der Waals surface area contributed by atoms with E-state index in [1.54, 1.807) is 50.6 Å². The van der Waals surface area contributed by atoms with Gasteiger partial charge in [-0.3, -0.25) is 8.80 Å². The maximum absolute atomic E-state index is 14.6. The summed E-state index contributed by atoms with van der Waals surface area (Å²) < 4.78 is 49.4. The third-order valence-electron chi connectivity index (χ3n) is 13.6. The monoisotopic (exact) mass is 1070 g/mol. The number of carbonyl (C=O) groups is 1. The van der Waals surface area contributed by atoms with Gasteiger partial charge in [0.15, 0.2) is 0 Å². The molecule has 0 bridgehead atoms. The minimum Gasteiger partial charge on any atom is -0.493 e. The van der Waals surface area contributed by atoms with Gasteiger partial charge < -0.3 is 39.4 Å². The summed E-state index contributed by atoms with van der Waals surface area (Å²) in [6.45, 7) is 25.4. The van der Waals surface area contributed by atoms with Gasteiger partial charge in [0.25, 0.3) is 11.6 Å². The lowest BCUT2D eigenvalue weighted by Crippen LogP contribution is -2.39. The van der Waals surface area contributed by atoms with E-state index in [1.165, 1.54) is 52.8 Å². The Morgan fingerprint density at radius 3 is 1.93 bits per heavy atom. The highest BCUT2D eigenvalue weighted by Gasteiger charge is 2.27. The molecule has 75 heavy (non-hydrogen) atoms. The van der Waals surface area contributed by atoms with Gasteiger partial charge in [-0.1, -0.05) is 65.1 Å². The summed E-state index contributed by atoms with van der Waals surface area (Å²) in [5, 5.41) is 6.39. The average Bonchev–Trinajstić information content (AvgIpc) is 4.25. The molecule has 15 nitrogen and oxygen atoms in total. The van der Waals surface area contributed by atoms with E-state index in [-0.39, 0.29) is 36.6 Å². The van der Waals surface area contributed by atoms with Crippen LogP contribution in [0.15, 0.2) is 89.9 Å². The van der Waals surface area contributed by atoms with Crippen molar-refractivity contribution >= 4 is 56.8 Å². The summed E-state index contributed by atoms with van der Waals surface area (Å²) in [5.41, 5.74) is 12.4. The van der Waals surface area contributed by atoms with Crippen LogP contribution in [0, 0.1) is 31.7 Å². The fraction of sp³-hybridized carbons (Fsp3) is 0.316. The van der Waals surface area contributed by atoms with Crippen LogP contribution in [0.2, 0.25) is 0 Å². The number of carbonyl (C=O) groups excluding carboxylic acids is 1. The number of amides is 1. The Labute approximate surface area is 441 Å². The molecule has 2 N–H and O–H groups in total. The molecule has 4 aliphatic rings. The molecule has 382 valence electrons. The summed E-state index contributed by atoms with van der Waals surface area (Å²) in [7, 11) is 0. The lowest BCUT2D eigenvalue weighted by Gasteiger charge is -2.31. The van der Waals surface area contributed by atoms with Crippen molar-refractivity contribution in [1.82, 2.24) is 33.6 Å². The van der Waals surface area contributed by atoms with Crippen molar-refractivity contribution in [3.8, 4) is 22.6 Å². The summed E-state index contributed by atoms with van der Waals surface area (Å²) in [6, 6.07) is 19.2. The number of halogens is 3. The maximum atomic E-state index is 14.6. The van der Waals surface area contributed by atoms with E-state index < -0.39 is 5.60 Å². The molecule has 4 aromatic carbocycles. The molecular weight excluding hydrogens is 1020 g/mol. The van der Waals surface area contributed by atoms with Crippen molar-refractivity contribution in [1.29, 1.82) is 0 Å². The van der Waals surface area contributed by atoms with Gasteiger partial charge in [-0.15, -0.1) is 0 Å². The third-order valence-corrected chi connectivity index (χ3v) is 14.1. The number of nitrogens with one attached hydrogen (secondary N) is 2. The van der Waals surface area contributed by atoms with Gasteiger partial charge >= 0.3 is 6.09 Å². The van der Waals surface area contributed by atoms with Crippen LogP contribution in [0.3, 0.4) is 0 Å². The van der Waals surface area contributed by atoms with E-state index in [0.717, 1.165) is 59.6 Å². The second-order valence-corrected chi connectivity index (χ2v) is 20.6. The Balaban J connectivity index is 0.000000135. The zero-order valence-electron chi connectivity index (χ0n) is 42.1. The molecule has 0 unspecified atom stereocenters. The van der Waals surface area contributed by atoms with E-state index in [1.807, 2.05) is 20.8 Å². The van der Waals surface area contributed by atoms with Crippen molar-refractivity contribution in [3.63, 3.8) is 0 Å². The number of aromatic nitrogens is 6. The fourth-order valence-corrected chi connectivity index (χ4v) is 10.3. The normalized spacial score (nSPS) is 14.1. The molecule has 0 fully saturated rings. The standard InChI is InChI=1S/C26H22FN5O.C16H11BrFN5O.C15H21NO2/c1-28-24-15-32-25(31-24)20(18-7-6-16-4-2-3-5-17(16)12-18)13-29-26(32)30-14-21-19-10-11-33-23(19)9-8-22(21)27;1-19-14-8-23-15(22-14)11(17)7-21-16(23)20-6-10-9-4-5-24-13(9)3-2-12(10)18;1-11-5-6-13-10-16(8-7-12(13)9-11)14(17)18-15(2,3)4/h6-9,12-13,15H,2-5,10-11,14H2,(H,29,30);2-3,7-8H,4-6H2,(H,20,21);5-6,9H,7-8,10H2,1-4H3. The molecule has 12 rings (SSSR count). The number of anilines is 2. The molecule has 0 radical (unpaired) electrons. The molecule has 8 aromatic rings. The van der Waals surface area contributed by atoms with E-state index in [2.05, 4.69) is 99.5 Å². The number of hydrogen-bond acceptors (Lipinski definition) is 10. The molecular formula is C57H54BrF2N11O4. The molecule has 1 amide bonds. The molecule has 1 aliphatic carbocycles. The molecule has 0 saturated carbocycles. The highest BCUT2D eigenvalue weighted by Crippen LogP contribution is 2.35. The minimum absolute atomic E-state index is 0.214. The molecule has 4 aromatic heterocycles. The van der Waals surface area contributed by atoms with Gasteiger partial charge in [0.05, 0.1) is 25.0 Å². The molecule has 0 atom stereocenters. The van der Waals surface area contributed by atoms with E-state index in [0.29, 0.717) is 77.2 Å². The first kappa shape index (κ1) is 50.4. The van der Waals surface area contributed by atoms with Crippen LogP contribution in [0.25, 0.3) is 32.1 Å².